The molecule has 0 aromatic carbocycles. The van der Waals surface area contributed by atoms with Gasteiger partial charge < -0.3 is 4.74 Å². The molecule has 1 aliphatic heterocycles. The minimum absolute atomic E-state index is 0.312. The molecule has 2 rings (SSSR count). The van der Waals surface area contributed by atoms with Gasteiger partial charge in [-0.15, -0.1) is 0 Å². The van der Waals surface area contributed by atoms with Crippen molar-refractivity contribution in [1.82, 2.24) is 5.32 Å². The van der Waals surface area contributed by atoms with Gasteiger partial charge in [0.25, 0.3) is 6.43 Å². The molecule has 0 aromatic rings. The number of halogens is 2. The van der Waals surface area contributed by atoms with Gasteiger partial charge in [0.2, 0.25) is 0 Å². The van der Waals surface area contributed by atoms with Crippen LogP contribution in [-0.2, 0) is 4.74 Å². The van der Waals surface area contributed by atoms with Crippen molar-refractivity contribution in [1.29, 1.82) is 0 Å². The quantitative estimate of drug-likeness (QED) is 0.767. The molecule has 2 aliphatic rings. The average molecular weight is 247 g/mol. The first-order valence-electron chi connectivity index (χ1n) is 6.64. The molecule has 17 heavy (non-hydrogen) atoms. The monoisotopic (exact) mass is 247 g/mol. The van der Waals surface area contributed by atoms with E-state index in [9.17, 15) is 8.78 Å². The fourth-order valence-corrected chi connectivity index (χ4v) is 2.95. The fourth-order valence-electron chi connectivity index (χ4n) is 2.95. The maximum atomic E-state index is 12.8. The maximum Gasteiger partial charge on any atom is 0.264 e. The van der Waals surface area contributed by atoms with Crippen molar-refractivity contribution < 1.29 is 13.5 Å². The molecule has 1 heterocycles. The molecule has 0 aromatic heterocycles. The number of ether oxygens (including phenoxy) is 1. The normalized spacial score (nSPS) is 38.3. The Bertz CT molecular complexity index is 270. The van der Waals surface area contributed by atoms with Gasteiger partial charge in [-0.05, 0) is 43.9 Å². The van der Waals surface area contributed by atoms with Crippen LogP contribution in [0.25, 0.3) is 0 Å². The maximum absolute atomic E-state index is 12.8. The Morgan fingerprint density at radius 3 is 2.65 bits per heavy atom. The highest BCUT2D eigenvalue weighted by Crippen LogP contribution is 2.40. The van der Waals surface area contributed by atoms with Gasteiger partial charge in [0.1, 0.15) is 11.8 Å². The van der Waals surface area contributed by atoms with Gasteiger partial charge in [-0.25, -0.2) is 8.78 Å². The Kier molecular flexibility index (Phi) is 3.74. The van der Waals surface area contributed by atoms with E-state index in [-0.39, 0.29) is 0 Å². The summed E-state index contributed by atoms with van der Waals surface area (Å²) in [7, 11) is 0. The molecule has 0 radical (unpaired) electrons. The molecule has 0 bridgehead atoms. The topological polar surface area (TPSA) is 21.3 Å². The lowest BCUT2D eigenvalue weighted by Crippen LogP contribution is -2.56. The zero-order valence-electron chi connectivity index (χ0n) is 10.8. The third kappa shape index (κ3) is 3.16. The SMILES string of the molecule is CC1(C)CCCC2(CC1)NCCC(C(F)F)O2. The van der Waals surface area contributed by atoms with Gasteiger partial charge in [0.15, 0.2) is 0 Å². The Morgan fingerprint density at radius 1 is 1.18 bits per heavy atom. The fraction of sp³-hybridized carbons (Fsp3) is 1.00. The molecule has 100 valence electrons. The van der Waals surface area contributed by atoms with E-state index in [2.05, 4.69) is 19.2 Å². The summed E-state index contributed by atoms with van der Waals surface area (Å²) < 4.78 is 31.2. The van der Waals surface area contributed by atoms with E-state index in [4.69, 9.17) is 4.74 Å². The van der Waals surface area contributed by atoms with Crippen LogP contribution in [0.4, 0.5) is 8.78 Å². The van der Waals surface area contributed by atoms with Gasteiger partial charge in [0.05, 0.1) is 0 Å². The van der Waals surface area contributed by atoms with E-state index in [0.29, 0.717) is 18.4 Å². The van der Waals surface area contributed by atoms with Crippen LogP contribution in [0.5, 0.6) is 0 Å². The van der Waals surface area contributed by atoms with E-state index < -0.39 is 18.3 Å². The van der Waals surface area contributed by atoms with Gasteiger partial charge in [-0.3, -0.25) is 5.32 Å². The lowest BCUT2D eigenvalue weighted by molar-refractivity contribution is -0.189. The third-order valence-electron chi connectivity index (χ3n) is 4.17. The first-order chi connectivity index (χ1) is 7.93. The molecule has 2 unspecified atom stereocenters. The van der Waals surface area contributed by atoms with E-state index in [1.807, 2.05) is 0 Å². The predicted molar refractivity (Wildman–Crippen MR) is 63.1 cm³/mol. The molecular weight excluding hydrogens is 224 g/mol. The molecule has 1 N–H and O–H groups in total. The van der Waals surface area contributed by atoms with Gasteiger partial charge >= 0.3 is 0 Å². The zero-order valence-corrected chi connectivity index (χ0v) is 10.8. The second-order valence-electron chi connectivity index (χ2n) is 6.22. The minimum atomic E-state index is -2.36. The molecule has 1 aliphatic carbocycles. The van der Waals surface area contributed by atoms with Crippen molar-refractivity contribution in [2.24, 2.45) is 5.41 Å². The summed E-state index contributed by atoms with van der Waals surface area (Å²) in [5.74, 6) is 0. The lowest BCUT2D eigenvalue weighted by Gasteiger charge is -2.42. The van der Waals surface area contributed by atoms with Crippen LogP contribution in [0.1, 0.15) is 52.4 Å². The molecule has 1 saturated carbocycles. The average Bonchev–Trinajstić information content (AvgIpc) is 2.39. The largest absolute Gasteiger partial charge is 0.351 e. The standard InChI is InChI=1S/C13H23F2NO/c1-12(2)5-3-6-13(8-7-12)16-9-4-10(17-13)11(14)15/h10-11,16H,3-9H2,1-2H3. The summed E-state index contributed by atoms with van der Waals surface area (Å²) in [6.45, 7) is 5.15. The number of hydrogen-bond acceptors (Lipinski definition) is 2. The van der Waals surface area contributed by atoms with Crippen molar-refractivity contribution in [2.45, 2.75) is 70.6 Å². The summed E-state index contributed by atoms with van der Waals surface area (Å²) in [5.41, 5.74) is -0.167. The van der Waals surface area contributed by atoms with Gasteiger partial charge in [0, 0.05) is 6.54 Å². The highest BCUT2D eigenvalue weighted by molar-refractivity contribution is 4.90. The van der Waals surface area contributed by atoms with Gasteiger partial charge in [-0.1, -0.05) is 13.8 Å². The van der Waals surface area contributed by atoms with Crippen LogP contribution in [0, 0.1) is 5.41 Å². The highest BCUT2D eigenvalue weighted by Gasteiger charge is 2.42. The number of rotatable bonds is 1. The summed E-state index contributed by atoms with van der Waals surface area (Å²) in [6.07, 6.45) is 2.14. The molecule has 2 fully saturated rings. The smallest absolute Gasteiger partial charge is 0.264 e. The van der Waals surface area contributed by atoms with E-state index in [0.717, 1.165) is 32.1 Å². The van der Waals surface area contributed by atoms with E-state index >= 15 is 0 Å². The Hall–Kier alpha value is -0.220. The summed E-state index contributed by atoms with van der Waals surface area (Å²) in [6, 6.07) is 0. The Labute approximate surface area is 102 Å². The van der Waals surface area contributed by atoms with Crippen molar-refractivity contribution in [3.63, 3.8) is 0 Å². The second kappa shape index (κ2) is 4.81. The van der Waals surface area contributed by atoms with Crippen LogP contribution in [0.2, 0.25) is 0 Å². The number of hydrogen-bond donors (Lipinski definition) is 1. The summed E-state index contributed by atoms with van der Waals surface area (Å²) in [4.78, 5) is 0. The number of alkyl halides is 2. The molecule has 1 saturated heterocycles. The molecule has 4 heteroatoms. The van der Waals surface area contributed by atoms with Crippen molar-refractivity contribution in [2.75, 3.05) is 6.54 Å². The molecule has 2 atom stereocenters. The van der Waals surface area contributed by atoms with Crippen molar-refractivity contribution in [3.05, 3.63) is 0 Å². The van der Waals surface area contributed by atoms with Crippen LogP contribution in [0.15, 0.2) is 0 Å². The highest BCUT2D eigenvalue weighted by atomic mass is 19.3. The second-order valence-corrected chi connectivity index (χ2v) is 6.22. The molecule has 0 amide bonds. The van der Waals surface area contributed by atoms with Crippen LogP contribution < -0.4 is 5.32 Å². The Balaban J connectivity index is 2.03. The molecule has 2 nitrogen and oxygen atoms in total. The zero-order chi connectivity index (χ0) is 12.5. The van der Waals surface area contributed by atoms with Crippen LogP contribution in [0.3, 0.4) is 0 Å². The van der Waals surface area contributed by atoms with Crippen molar-refractivity contribution >= 4 is 0 Å². The summed E-state index contributed by atoms with van der Waals surface area (Å²) in [5, 5.41) is 3.34. The van der Waals surface area contributed by atoms with E-state index in [1.165, 1.54) is 0 Å². The first-order valence-corrected chi connectivity index (χ1v) is 6.64. The third-order valence-corrected chi connectivity index (χ3v) is 4.17. The van der Waals surface area contributed by atoms with Crippen molar-refractivity contribution in [3.8, 4) is 0 Å². The lowest BCUT2D eigenvalue weighted by atomic mass is 9.85. The molecule has 1 spiro atoms. The van der Waals surface area contributed by atoms with E-state index in [1.54, 1.807) is 0 Å². The minimum Gasteiger partial charge on any atom is -0.351 e. The van der Waals surface area contributed by atoms with Crippen LogP contribution >= 0.6 is 0 Å². The van der Waals surface area contributed by atoms with Gasteiger partial charge in [-0.2, -0.15) is 0 Å². The predicted octanol–water partition coefficient (Wildman–Crippen LogP) is 3.32. The number of nitrogens with one attached hydrogen (secondary N) is 1. The Morgan fingerprint density at radius 2 is 1.94 bits per heavy atom. The molecular formula is C13H23F2NO. The van der Waals surface area contributed by atoms with Crippen LogP contribution in [-0.4, -0.2) is 24.8 Å². The first kappa shape index (κ1) is 13.2. The summed E-state index contributed by atoms with van der Waals surface area (Å²) >= 11 is 0.